The van der Waals surface area contributed by atoms with Gasteiger partial charge in [-0.05, 0) is 98.0 Å². The number of allylic oxidation sites excluding steroid dienone is 4. The predicted octanol–water partition coefficient (Wildman–Crippen LogP) is 11.0. The van der Waals surface area contributed by atoms with E-state index in [1.54, 1.807) is 12.1 Å². The lowest BCUT2D eigenvalue weighted by atomic mass is 9.83. The van der Waals surface area contributed by atoms with Gasteiger partial charge >= 0.3 is 0 Å². The quantitative estimate of drug-likeness (QED) is 0.137. The third-order valence-electron chi connectivity index (χ3n) is 9.39. The van der Waals surface area contributed by atoms with Gasteiger partial charge in [-0.1, -0.05) is 76.2 Å². The molecule has 0 bridgehead atoms. The standard InChI is InChI=1S/C35H42F4/c1-3-5-6-8-23-9-11-24(12-10-23)15-18-26-19-27-20-28-21-29(25-16-13-22(7-4-2)14-17-25)33(37)35(39)31(28)30(27)34(38)32(26)36/h11,16,19,21-23H,3-10,12-15,17-18,20H2,1-2H3. The Kier molecular flexibility index (Phi) is 8.99. The maximum Gasteiger partial charge on any atom is 0.167 e. The van der Waals surface area contributed by atoms with Crippen LogP contribution in [0.2, 0.25) is 0 Å². The minimum absolute atomic E-state index is 0.0957. The van der Waals surface area contributed by atoms with Gasteiger partial charge in [0.05, 0.1) is 0 Å². The van der Waals surface area contributed by atoms with E-state index in [2.05, 4.69) is 19.9 Å². The predicted molar refractivity (Wildman–Crippen MR) is 153 cm³/mol. The Bertz CT molecular complexity index is 1270. The van der Waals surface area contributed by atoms with E-state index in [1.807, 2.05) is 6.08 Å². The monoisotopic (exact) mass is 538 g/mol. The van der Waals surface area contributed by atoms with E-state index in [0.29, 0.717) is 41.9 Å². The largest absolute Gasteiger partial charge is 0.203 e. The van der Waals surface area contributed by atoms with E-state index < -0.39 is 23.3 Å². The Morgan fingerprint density at radius 2 is 1.38 bits per heavy atom. The smallest absolute Gasteiger partial charge is 0.167 e. The highest BCUT2D eigenvalue weighted by molar-refractivity contribution is 5.81. The number of hydrogen-bond donors (Lipinski definition) is 0. The molecule has 0 radical (unpaired) electrons. The molecule has 210 valence electrons. The molecule has 0 fully saturated rings. The summed E-state index contributed by atoms with van der Waals surface area (Å²) in [6, 6.07) is 3.37. The van der Waals surface area contributed by atoms with E-state index in [4.69, 9.17) is 0 Å². The second kappa shape index (κ2) is 12.4. The molecule has 4 heteroatoms. The van der Waals surface area contributed by atoms with Crippen molar-refractivity contribution < 1.29 is 17.6 Å². The first-order chi connectivity index (χ1) is 18.9. The van der Waals surface area contributed by atoms with Crippen LogP contribution in [0, 0.1) is 35.1 Å². The highest BCUT2D eigenvalue weighted by Gasteiger charge is 2.33. The summed E-state index contributed by atoms with van der Waals surface area (Å²) in [6.07, 6.45) is 19.0. The van der Waals surface area contributed by atoms with Crippen LogP contribution in [-0.2, 0) is 12.8 Å². The van der Waals surface area contributed by atoms with Crippen LogP contribution in [0.25, 0.3) is 16.7 Å². The van der Waals surface area contributed by atoms with Crippen molar-refractivity contribution in [3.8, 4) is 11.1 Å². The molecule has 5 rings (SSSR count). The van der Waals surface area contributed by atoms with E-state index in [-0.39, 0.29) is 16.7 Å². The number of hydrogen-bond acceptors (Lipinski definition) is 0. The van der Waals surface area contributed by atoms with Crippen molar-refractivity contribution in [3.63, 3.8) is 0 Å². The highest BCUT2D eigenvalue weighted by atomic mass is 19.2. The van der Waals surface area contributed by atoms with Crippen LogP contribution in [-0.4, -0.2) is 0 Å². The number of benzene rings is 2. The molecule has 3 aliphatic carbocycles. The minimum Gasteiger partial charge on any atom is -0.203 e. The second-order valence-corrected chi connectivity index (χ2v) is 12.1. The number of fused-ring (bicyclic) bond motifs is 3. The van der Waals surface area contributed by atoms with Gasteiger partial charge in [0.1, 0.15) is 0 Å². The lowest BCUT2D eigenvalue weighted by Gasteiger charge is -2.22. The number of aryl methyl sites for hydroxylation is 1. The second-order valence-electron chi connectivity index (χ2n) is 12.1. The molecule has 0 heterocycles. The normalized spacial score (nSPS) is 20.5. The van der Waals surface area contributed by atoms with Crippen LogP contribution in [0.5, 0.6) is 0 Å². The summed E-state index contributed by atoms with van der Waals surface area (Å²) in [7, 11) is 0. The average molecular weight is 539 g/mol. The lowest BCUT2D eigenvalue weighted by molar-refractivity contribution is 0.413. The molecular weight excluding hydrogens is 496 g/mol. The van der Waals surface area contributed by atoms with Gasteiger partial charge in [0.15, 0.2) is 23.3 Å². The maximum absolute atomic E-state index is 15.4. The van der Waals surface area contributed by atoms with Crippen molar-refractivity contribution in [2.75, 3.05) is 0 Å². The van der Waals surface area contributed by atoms with Gasteiger partial charge in [-0.25, -0.2) is 17.6 Å². The van der Waals surface area contributed by atoms with Crippen LogP contribution in [0.3, 0.4) is 0 Å². The first kappa shape index (κ1) is 28.2. The minimum atomic E-state index is -1.05. The van der Waals surface area contributed by atoms with Crippen LogP contribution in [0.15, 0.2) is 29.9 Å². The first-order valence-corrected chi connectivity index (χ1v) is 15.3. The van der Waals surface area contributed by atoms with Gasteiger partial charge in [0.25, 0.3) is 0 Å². The molecule has 2 unspecified atom stereocenters. The fourth-order valence-corrected chi connectivity index (χ4v) is 7.07. The zero-order valence-corrected chi connectivity index (χ0v) is 23.6. The summed E-state index contributed by atoms with van der Waals surface area (Å²) < 4.78 is 61.3. The van der Waals surface area contributed by atoms with E-state index >= 15 is 17.6 Å². The van der Waals surface area contributed by atoms with Crippen molar-refractivity contribution in [3.05, 3.63) is 75.4 Å². The fourth-order valence-electron chi connectivity index (χ4n) is 7.07. The molecule has 0 spiro atoms. The fraction of sp³-hybridized carbons (Fsp3) is 0.543. The van der Waals surface area contributed by atoms with Crippen LogP contribution >= 0.6 is 0 Å². The lowest BCUT2D eigenvalue weighted by Crippen LogP contribution is -2.07. The van der Waals surface area contributed by atoms with Crippen LogP contribution in [0.4, 0.5) is 17.6 Å². The van der Waals surface area contributed by atoms with Crippen molar-refractivity contribution in [2.45, 2.75) is 110 Å². The molecule has 2 aromatic carbocycles. The zero-order valence-electron chi connectivity index (χ0n) is 23.6. The Hall–Kier alpha value is -2.36. The van der Waals surface area contributed by atoms with Crippen LogP contribution < -0.4 is 0 Å². The van der Waals surface area contributed by atoms with Gasteiger partial charge < -0.3 is 0 Å². The summed E-state index contributed by atoms with van der Waals surface area (Å²) in [5.41, 5.74) is 3.69. The number of rotatable bonds is 10. The molecule has 0 N–H and O–H groups in total. The Balaban J connectivity index is 1.33. The molecule has 0 saturated carbocycles. The molecule has 0 saturated heterocycles. The van der Waals surface area contributed by atoms with E-state index in [0.717, 1.165) is 56.4 Å². The molecule has 39 heavy (non-hydrogen) atoms. The summed E-state index contributed by atoms with van der Waals surface area (Å²) in [5.74, 6) is -2.61. The van der Waals surface area contributed by atoms with Crippen molar-refractivity contribution in [2.24, 2.45) is 11.8 Å². The van der Waals surface area contributed by atoms with Crippen molar-refractivity contribution in [1.29, 1.82) is 0 Å². The molecule has 2 aromatic rings. The molecule has 3 aliphatic rings. The van der Waals surface area contributed by atoms with Crippen LogP contribution in [0.1, 0.15) is 120 Å². The Morgan fingerprint density at radius 3 is 2.05 bits per heavy atom. The maximum atomic E-state index is 15.4. The van der Waals surface area contributed by atoms with Crippen molar-refractivity contribution in [1.82, 2.24) is 0 Å². The average Bonchev–Trinajstić information content (AvgIpc) is 3.32. The summed E-state index contributed by atoms with van der Waals surface area (Å²) >= 11 is 0. The van der Waals surface area contributed by atoms with E-state index in [9.17, 15) is 0 Å². The first-order valence-electron chi connectivity index (χ1n) is 15.3. The molecule has 2 atom stereocenters. The van der Waals surface area contributed by atoms with Gasteiger partial charge in [-0.15, -0.1) is 0 Å². The van der Waals surface area contributed by atoms with Gasteiger partial charge in [-0.2, -0.15) is 0 Å². The number of unbranched alkanes of at least 4 members (excludes halogenated alkanes) is 2. The molecule has 0 amide bonds. The molecule has 0 nitrogen and oxygen atoms in total. The SMILES string of the molecule is CCCCCC1CC=C(CCc2cc3c(c(F)c2F)-c2c(cc(C4=CCC(CCC)CC4)c(F)c2F)C3)CC1. The third kappa shape index (κ3) is 5.91. The molecule has 0 aliphatic heterocycles. The summed E-state index contributed by atoms with van der Waals surface area (Å²) in [6.45, 7) is 4.39. The zero-order chi connectivity index (χ0) is 27.5. The number of halogens is 4. The van der Waals surface area contributed by atoms with Gasteiger partial charge in [0.2, 0.25) is 0 Å². The van der Waals surface area contributed by atoms with E-state index in [1.165, 1.54) is 37.7 Å². The third-order valence-corrected chi connectivity index (χ3v) is 9.39. The van der Waals surface area contributed by atoms with Crippen molar-refractivity contribution >= 4 is 5.57 Å². The Morgan fingerprint density at radius 1 is 0.692 bits per heavy atom. The molecular formula is C35H42F4. The topological polar surface area (TPSA) is 0 Å². The Labute approximate surface area is 231 Å². The van der Waals surface area contributed by atoms with Gasteiger partial charge in [0, 0.05) is 16.7 Å². The van der Waals surface area contributed by atoms with Gasteiger partial charge in [-0.3, -0.25) is 0 Å². The summed E-state index contributed by atoms with van der Waals surface area (Å²) in [5, 5.41) is 0. The summed E-state index contributed by atoms with van der Waals surface area (Å²) in [4.78, 5) is 0. The molecule has 0 aromatic heterocycles. The highest BCUT2D eigenvalue weighted by Crippen LogP contribution is 2.45.